The first kappa shape index (κ1) is 19.0. The topological polar surface area (TPSA) is 47.3 Å². The average molecular weight is 376 g/mol. The van der Waals surface area contributed by atoms with Crippen LogP contribution in [0.2, 0.25) is 0 Å². The molecule has 0 aliphatic heterocycles. The molecule has 0 spiro atoms. The maximum atomic E-state index is 12.8. The summed E-state index contributed by atoms with van der Waals surface area (Å²) in [6.45, 7) is 0.0466. The zero-order valence-electron chi connectivity index (χ0n) is 14.7. The van der Waals surface area contributed by atoms with Crippen molar-refractivity contribution in [3.05, 3.63) is 65.9 Å². The largest absolute Gasteiger partial charge is 0.497 e. The Kier molecular flexibility index (Phi) is 5.51. The second-order valence-corrected chi connectivity index (χ2v) is 6.03. The van der Waals surface area contributed by atoms with Crippen LogP contribution in [0.25, 0.3) is 16.9 Å². The number of benzene rings is 2. The molecule has 0 radical (unpaired) electrons. The lowest BCUT2D eigenvalue weighted by Gasteiger charge is -2.10. The van der Waals surface area contributed by atoms with Gasteiger partial charge in [0.1, 0.15) is 5.75 Å². The van der Waals surface area contributed by atoms with Crippen LogP contribution in [0.1, 0.15) is 17.7 Å². The Hall–Kier alpha value is -2.80. The molecule has 3 aromatic rings. The molecule has 1 N–H and O–H groups in total. The summed E-state index contributed by atoms with van der Waals surface area (Å²) in [5.41, 5.74) is 2.14. The molecule has 2 aromatic carbocycles. The molecule has 3 rings (SSSR count). The van der Waals surface area contributed by atoms with Crippen molar-refractivity contribution in [2.45, 2.75) is 19.0 Å². The van der Waals surface area contributed by atoms with Crippen LogP contribution in [0.15, 0.2) is 54.6 Å². The number of alkyl halides is 3. The summed E-state index contributed by atoms with van der Waals surface area (Å²) in [5.74, 6) is 0.697. The third-order valence-corrected chi connectivity index (χ3v) is 4.18. The summed E-state index contributed by atoms with van der Waals surface area (Å²) in [5, 5.41) is 13.6. The normalized spacial score (nSPS) is 11.6. The van der Waals surface area contributed by atoms with Gasteiger partial charge in [-0.05, 0) is 55.3 Å². The third-order valence-electron chi connectivity index (χ3n) is 4.18. The van der Waals surface area contributed by atoms with Crippen LogP contribution in [0.4, 0.5) is 13.2 Å². The number of methoxy groups -OCH3 is 1. The monoisotopic (exact) mass is 376 g/mol. The first-order chi connectivity index (χ1) is 12.9. The quantitative estimate of drug-likeness (QED) is 0.689. The Balaban J connectivity index is 2.02. The molecule has 0 saturated heterocycles. The van der Waals surface area contributed by atoms with Crippen LogP contribution in [0.3, 0.4) is 0 Å². The van der Waals surface area contributed by atoms with Crippen molar-refractivity contribution in [1.29, 1.82) is 0 Å². The van der Waals surface area contributed by atoms with Crippen LogP contribution >= 0.6 is 0 Å². The lowest BCUT2D eigenvalue weighted by Crippen LogP contribution is -2.04. The number of nitrogens with zero attached hydrogens (tertiary/aromatic N) is 2. The molecule has 4 nitrogen and oxygen atoms in total. The van der Waals surface area contributed by atoms with Gasteiger partial charge in [0, 0.05) is 12.2 Å². The van der Waals surface area contributed by atoms with Gasteiger partial charge in [0.25, 0.3) is 0 Å². The molecule has 0 fully saturated rings. The Bertz CT molecular complexity index is 885. The molecule has 0 atom stereocenters. The van der Waals surface area contributed by atoms with Gasteiger partial charge in [0.15, 0.2) is 0 Å². The Labute approximate surface area is 154 Å². The number of hydrogen-bond donors (Lipinski definition) is 1. The zero-order chi connectivity index (χ0) is 19.4. The second-order valence-electron chi connectivity index (χ2n) is 6.03. The average Bonchev–Trinajstić information content (AvgIpc) is 3.10. The number of aliphatic hydroxyl groups is 1. The van der Waals surface area contributed by atoms with Crippen LogP contribution in [-0.4, -0.2) is 28.6 Å². The molecule has 0 aliphatic carbocycles. The Morgan fingerprint density at radius 2 is 1.70 bits per heavy atom. The fourth-order valence-electron chi connectivity index (χ4n) is 2.77. The fraction of sp³-hybridized carbons (Fsp3) is 0.250. The van der Waals surface area contributed by atoms with Crippen molar-refractivity contribution in [2.75, 3.05) is 13.7 Å². The number of aliphatic hydroxyl groups excluding tert-OH is 1. The summed E-state index contributed by atoms with van der Waals surface area (Å²) in [7, 11) is 1.57. The molecule has 1 heterocycles. The molecule has 0 unspecified atom stereocenters. The van der Waals surface area contributed by atoms with Crippen LogP contribution in [0, 0.1) is 0 Å². The maximum Gasteiger partial charge on any atom is 0.416 e. The Morgan fingerprint density at radius 1 is 1.04 bits per heavy atom. The lowest BCUT2D eigenvalue weighted by molar-refractivity contribution is -0.137. The highest BCUT2D eigenvalue weighted by molar-refractivity contribution is 5.63. The van der Waals surface area contributed by atoms with Gasteiger partial charge in [-0.15, -0.1) is 0 Å². The number of aromatic nitrogens is 2. The van der Waals surface area contributed by atoms with Gasteiger partial charge in [-0.1, -0.05) is 12.1 Å². The summed E-state index contributed by atoms with van der Waals surface area (Å²) in [6.07, 6.45) is -3.24. The molecular formula is C20H19F3N2O2. The first-order valence-electron chi connectivity index (χ1n) is 8.44. The van der Waals surface area contributed by atoms with Gasteiger partial charge in [0.05, 0.1) is 29.7 Å². The first-order valence-corrected chi connectivity index (χ1v) is 8.44. The molecule has 1 aromatic heterocycles. The predicted molar refractivity (Wildman–Crippen MR) is 96.0 cm³/mol. The van der Waals surface area contributed by atoms with E-state index in [0.717, 1.165) is 23.5 Å². The van der Waals surface area contributed by atoms with Crippen molar-refractivity contribution in [2.24, 2.45) is 0 Å². The SMILES string of the molecule is COc1ccc(-n2nc(CCCO)cc2-c2ccc(C(F)(F)F)cc2)cc1. The van der Waals surface area contributed by atoms with Crippen molar-refractivity contribution in [3.63, 3.8) is 0 Å². The van der Waals surface area contributed by atoms with Gasteiger partial charge in [-0.2, -0.15) is 18.3 Å². The molecule has 7 heteroatoms. The molecular weight excluding hydrogens is 357 g/mol. The summed E-state index contributed by atoms with van der Waals surface area (Å²) in [6, 6.07) is 14.1. The van der Waals surface area contributed by atoms with E-state index in [-0.39, 0.29) is 6.61 Å². The summed E-state index contributed by atoms with van der Waals surface area (Å²) >= 11 is 0. The lowest BCUT2D eigenvalue weighted by atomic mass is 10.1. The minimum absolute atomic E-state index is 0.0466. The number of rotatable bonds is 6. The van der Waals surface area contributed by atoms with Crippen molar-refractivity contribution >= 4 is 0 Å². The molecule has 27 heavy (non-hydrogen) atoms. The van der Waals surface area contributed by atoms with Gasteiger partial charge in [-0.3, -0.25) is 0 Å². The smallest absolute Gasteiger partial charge is 0.416 e. The van der Waals surface area contributed by atoms with Crippen LogP contribution in [-0.2, 0) is 12.6 Å². The number of aryl methyl sites for hydroxylation is 1. The highest BCUT2D eigenvalue weighted by atomic mass is 19.4. The van der Waals surface area contributed by atoms with Crippen molar-refractivity contribution < 1.29 is 23.0 Å². The van der Waals surface area contributed by atoms with Crippen LogP contribution < -0.4 is 4.74 Å². The van der Waals surface area contributed by atoms with E-state index in [4.69, 9.17) is 9.84 Å². The van der Waals surface area contributed by atoms with Gasteiger partial charge < -0.3 is 9.84 Å². The third kappa shape index (κ3) is 4.31. The molecule has 142 valence electrons. The maximum absolute atomic E-state index is 12.8. The van der Waals surface area contributed by atoms with E-state index >= 15 is 0 Å². The van der Waals surface area contributed by atoms with E-state index < -0.39 is 11.7 Å². The molecule has 0 amide bonds. The predicted octanol–water partition coefficient (Wildman–Crippen LogP) is 4.49. The summed E-state index contributed by atoms with van der Waals surface area (Å²) in [4.78, 5) is 0. The van der Waals surface area contributed by atoms with Crippen molar-refractivity contribution in [3.8, 4) is 22.7 Å². The fourth-order valence-corrected chi connectivity index (χ4v) is 2.77. The molecule has 0 saturated carbocycles. The molecule has 0 aliphatic rings. The summed E-state index contributed by atoms with van der Waals surface area (Å²) < 4.78 is 45.3. The number of halogens is 3. The van der Waals surface area contributed by atoms with E-state index in [1.54, 1.807) is 23.9 Å². The Morgan fingerprint density at radius 3 is 2.26 bits per heavy atom. The number of hydrogen-bond acceptors (Lipinski definition) is 3. The molecule has 0 bridgehead atoms. The van der Waals surface area contributed by atoms with Crippen molar-refractivity contribution in [1.82, 2.24) is 9.78 Å². The van der Waals surface area contributed by atoms with Gasteiger partial charge in [0.2, 0.25) is 0 Å². The minimum Gasteiger partial charge on any atom is -0.497 e. The highest BCUT2D eigenvalue weighted by Gasteiger charge is 2.30. The van der Waals surface area contributed by atoms with Gasteiger partial charge in [-0.25, -0.2) is 4.68 Å². The standard InChI is InChI=1S/C20H19F3N2O2/c1-27-18-10-8-17(9-11-18)25-19(13-16(24-25)3-2-12-26)14-4-6-15(7-5-14)20(21,22)23/h4-11,13,26H,2-3,12H2,1H3. The van der Waals surface area contributed by atoms with E-state index in [1.165, 1.54) is 12.1 Å². The highest BCUT2D eigenvalue weighted by Crippen LogP contribution is 2.32. The van der Waals surface area contributed by atoms with E-state index in [0.29, 0.717) is 29.8 Å². The minimum atomic E-state index is -4.37. The van der Waals surface area contributed by atoms with Gasteiger partial charge >= 0.3 is 6.18 Å². The van der Waals surface area contributed by atoms with Crippen LogP contribution in [0.5, 0.6) is 5.75 Å². The van der Waals surface area contributed by atoms with E-state index in [1.807, 2.05) is 18.2 Å². The van der Waals surface area contributed by atoms with E-state index in [2.05, 4.69) is 5.10 Å². The van der Waals surface area contributed by atoms with E-state index in [9.17, 15) is 13.2 Å². The second kappa shape index (κ2) is 7.84. The number of ether oxygens (including phenoxy) is 1. The zero-order valence-corrected chi connectivity index (χ0v) is 14.7.